The van der Waals surface area contributed by atoms with Crippen LogP contribution in [0.15, 0.2) is 265 Å². The molecule has 0 aliphatic rings. The Labute approximate surface area is 384 Å². The largest absolute Gasteiger partial charge is 0.455 e. The average molecular weight is 842 g/mol. The number of benzene rings is 11. The Balaban J connectivity index is 1.09. The first-order chi connectivity index (χ1) is 32.7. The van der Waals surface area contributed by atoms with Gasteiger partial charge in [-0.2, -0.15) is 0 Å². The molecule has 0 unspecified atom stereocenters. The van der Waals surface area contributed by atoms with Gasteiger partial charge in [-0.15, -0.1) is 0 Å². The Kier molecular flexibility index (Phi) is 9.89. The van der Waals surface area contributed by atoms with Gasteiger partial charge in [-0.25, -0.2) is 0 Å². The average Bonchev–Trinajstić information content (AvgIpc) is 3.78. The zero-order valence-electron chi connectivity index (χ0n) is 36.2. The Hall–Kier alpha value is -8.72. The SMILES string of the molecule is c1ccc(-c2ccc(-c3ccccc3N(c3cccc(-c4cccc5ccccc45)c3)c3cccc(-c4cccc5c4oc4ccccc45)c3)c(-c3ccccc3-c3ccccc3)c2)cc1. The number of hydrogen-bond acceptors (Lipinski definition) is 2. The first kappa shape index (κ1) is 38.9. The maximum Gasteiger partial charge on any atom is 0.143 e. The molecule has 2 nitrogen and oxygen atoms in total. The van der Waals surface area contributed by atoms with E-state index in [-0.39, 0.29) is 0 Å². The first-order valence-electron chi connectivity index (χ1n) is 22.6. The second-order valence-corrected chi connectivity index (χ2v) is 16.8. The molecule has 11 aromatic carbocycles. The standard InChI is InChI=1S/C64H43NO/c1-3-19-44(20-4-1)47-39-40-57(61(43-47)56-31-10-9-30-53(56)45-21-5-2-6-22-45)58-32-11-13-37-62(58)65(50-27-15-25-48(41-50)54-34-17-24-46-23-7-8-29-52(46)54)51-28-16-26-49(42-51)55-35-18-36-60-59-33-12-14-38-63(59)66-64(55)60/h1-43H. The van der Waals surface area contributed by atoms with Crippen molar-refractivity contribution in [2.24, 2.45) is 0 Å². The summed E-state index contributed by atoms with van der Waals surface area (Å²) in [5, 5.41) is 4.68. The lowest BCUT2D eigenvalue weighted by Gasteiger charge is -2.29. The van der Waals surface area contributed by atoms with E-state index in [1.165, 1.54) is 44.2 Å². The molecule has 0 saturated carbocycles. The summed E-state index contributed by atoms with van der Waals surface area (Å²) in [6, 6.07) is 94.0. The molecule has 1 aromatic heterocycles. The lowest BCUT2D eigenvalue weighted by Crippen LogP contribution is -2.11. The van der Waals surface area contributed by atoms with Crippen LogP contribution >= 0.6 is 0 Å². The summed E-state index contributed by atoms with van der Waals surface area (Å²) in [5.74, 6) is 0. The van der Waals surface area contributed by atoms with Crippen molar-refractivity contribution in [1.29, 1.82) is 0 Å². The predicted molar refractivity (Wildman–Crippen MR) is 279 cm³/mol. The van der Waals surface area contributed by atoms with Crippen molar-refractivity contribution in [1.82, 2.24) is 0 Å². The molecule has 0 bridgehead atoms. The van der Waals surface area contributed by atoms with Gasteiger partial charge in [0.05, 0.1) is 5.69 Å². The molecule has 0 aliphatic carbocycles. The molecule has 12 rings (SSSR count). The fourth-order valence-electron chi connectivity index (χ4n) is 9.80. The van der Waals surface area contributed by atoms with Crippen LogP contribution in [0.5, 0.6) is 0 Å². The Morgan fingerprint density at radius 2 is 0.773 bits per heavy atom. The summed E-state index contributed by atoms with van der Waals surface area (Å²) in [5.41, 5.74) is 18.7. The molecular weight excluding hydrogens is 799 g/mol. The molecule has 0 atom stereocenters. The van der Waals surface area contributed by atoms with E-state index in [4.69, 9.17) is 4.42 Å². The second-order valence-electron chi connectivity index (χ2n) is 16.8. The molecule has 66 heavy (non-hydrogen) atoms. The van der Waals surface area contributed by atoms with Gasteiger partial charge in [0.25, 0.3) is 0 Å². The highest BCUT2D eigenvalue weighted by Crippen LogP contribution is 2.48. The van der Waals surface area contributed by atoms with Gasteiger partial charge in [-0.05, 0) is 109 Å². The number of para-hydroxylation sites is 3. The molecule has 1 heterocycles. The van der Waals surface area contributed by atoms with Gasteiger partial charge in [0.1, 0.15) is 11.2 Å². The third-order valence-electron chi connectivity index (χ3n) is 12.9. The van der Waals surface area contributed by atoms with Crippen LogP contribution in [0.3, 0.4) is 0 Å². The van der Waals surface area contributed by atoms with E-state index >= 15 is 0 Å². The minimum Gasteiger partial charge on any atom is -0.455 e. The normalized spacial score (nSPS) is 11.3. The van der Waals surface area contributed by atoms with Crippen LogP contribution in [-0.4, -0.2) is 0 Å². The molecule has 2 heteroatoms. The lowest BCUT2D eigenvalue weighted by molar-refractivity contribution is 0.670. The van der Waals surface area contributed by atoms with Gasteiger partial charge < -0.3 is 9.32 Å². The van der Waals surface area contributed by atoms with Crippen molar-refractivity contribution in [3.05, 3.63) is 261 Å². The van der Waals surface area contributed by atoms with Gasteiger partial charge in [-0.3, -0.25) is 0 Å². The number of rotatable bonds is 9. The van der Waals surface area contributed by atoms with Crippen LogP contribution in [0.4, 0.5) is 17.1 Å². The van der Waals surface area contributed by atoms with Crippen molar-refractivity contribution in [2.75, 3.05) is 4.90 Å². The van der Waals surface area contributed by atoms with E-state index in [0.29, 0.717) is 0 Å². The van der Waals surface area contributed by atoms with Crippen molar-refractivity contribution >= 4 is 49.8 Å². The quantitative estimate of drug-likeness (QED) is 0.144. The first-order valence-corrected chi connectivity index (χ1v) is 22.6. The summed E-state index contributed by atoms with van der Waals surface area (Å²) < 4.78 is 6.61. The zero-order chi connectivity index (χ0) is 43.8. The number of hydrogen-bond donors (Lipinski definition) is 0. The van der Waals surface area contributed by atoms with Crippen LogP contribution in [0, 0.1) is 0 Å². The molecule has 0 fully saturated rings. The molecule has 0 aliphatic heterocycles. The summed E-state index contributed by atoms with van der Waals surface area (Å²) in [6.45, 7) is 0. The van der Waals surface area contributed by atoms with Crippen LogP contribution in [-0.2, 0) is 0 Å². The molecule has 0 saturated heterocycles. The van der Waals surface area contributed by atoms with E-state index in [1.807, 2.05) is 6.07 Å². The van der Waals surface area contributed by atoms with Crippen LogP contribution in [0.2, 0.25) is 0 Å². The van der Waals surface area contributed by atoms with Crippen molar-refractivity contribution in [3.63, 3.8) is 0 Å². The fraction of sp³-hybridized carbons (Fsp3) is 0. The topological polar surface area (TPSA) is 16.4 Å². The minimum atomic E-state index is 0.889. The maximum atomic E-state index is 6.61. The lowest BCUT2D eigenvalue weighted by atomic mass is 9.86. The van der Waals surface area contributed by atoms with Crippen LogP contribution in [0.1, 0.15) is 0 Å². The molecule has 0 N–H and O–H groups in total. The highest BCUT2D eigenvalue weighted by molar-refractivity contribution is 6.10. The summed E-state index contributed by atoms with van der Waals surface area (Å²) in [4.78, 5) is 2.43. The third kappa shape index (κ3) is 7.02. The smallest absolute Gasteiger partial charge is 0.143 e. The number of nitrogens with zero attached hydrogens (tertiary/aromatic N) is 1. The molecule has 0 spiro atoms. The molecule has 12 aromatic rings. The minimum absolute atomic E-state index is 0.889. The monoisotopic (exact) mass is 841 g/mol. The summed E-state index contributed by atoms with van der Waals surface area (Å²) >= 11 is 0. The second kappa shape index (κ2) is 16.8. The van der Waals surface area contributed by atoms with Crippen molar-refractivity contribution < 1.29 is 4.42 Å². The van der Waals surface area contributed by atoms with E-state index in [2.05, 4.69) is 260 Å². The van der Waals surface area contributed by atoms with Gasteiger partial charge in [0.15, 0.2) is 0 Å². The van der Waals surface area contributed by atoms with E-state index in [0.717, 1.165) is 72.4 Å². The predicted octanol–water partition coefficient (Wildman–Crippen LogP) is 18.2. The molecule has 310 valence electrons. The van der Waals surface area contributed by atoms with E-state index in [1.54, 1.807) is 0 Å². The summed E-state index contributed by atoms with van der Waals surface area (Å²) in [6.07, 6.45) is 0. The molecule has 0 radical (unpaired) electrons. The number of fused-ring (bicyclic) bond motifs is 4. The van der Waals surface area contributed by atoms with E-state index in [9.17, 15) is 0 Å². The van der Waals surface area contributed by atoms with Gasteiger partial charge in [0.2, 0.25) is 0 Å². The molecule has 0 amide bonds. The fourth-order valence-corrected chi connectivity index (χ4v) is 9.80. The Bertz CT molecular complexity index is 3710. The molecular formula is C64H43NO. The van der Waals surface area contributed by atoms with Crippen molar-refractivity contribution in [2.45, 2.75) is 0 Å². The van der Waals surface area contributed by atoms with E-state index < -0.39 is 0 Å². The van der Waals surface area contributed by atoms with Crippen LogP contribution < -0.4 is 4.90 Å². The zero-order valence-corrected chi connectivity index (χ0v) is 36.2. The van der Waals surface area contributed by atoms with Gasteiger partial charge in [0, 0.05) is 33.3 Å². The highest BCUT2D eigenvalue weighted by Gasteiger charge is 2.23. The Morgan fingerprint density at radius 1 is 0.258 bits per heavy atom. The van der Waals surface area contributed by atoms with Gasteiger partial charge in [-0.1, -0.05) is 218 Å². The highest BCUT2D eigenvalue weighted by atomic mass is 16.3. The van der Waals surface area contributed by atoms with Crippen LogP contribution in [0.25, 0.3) is 99.5 Å². The number of anilines is 3. The number of furan rings is 1. The summed E-state index contributed by atoms with van der Waals surface area (Å²) in [7, 11) is 0. The van der Waals surface area contributed by atoms with Gasteiger partial charge >= 0.3 is 0 Å². The Morgan fingerprint density at radius 3 is 1.56 bits per heavy atom. The van der Waals surface area contributed by atoms with Crippen molar-refractivity contribution in [3.8, 4) is 66.8 Å². The third-order valence-corrected chi connectivity index (χ3v) is 12.9. The maximum absolute atomic E-state index is 6.61.